The van der Waals surface area contributed by atoms with Crippen LogP contribution in [0.2, 0.25) is 0 Å². The fourth-order valence-electron chi connectivity index (χ4n) is 7.93. The van der Waals surface area contributed by atoms with E-state index in [2.05, 4.69) is 228 Å². The average molecular weight is 705 g/mol. The molecule has 0 aliphatic carbocycles. The van der Waals surface area contributed by atoms with Crippen LogP contribution in [0, 0.1) is 0 Å². The normalized spacial score (nSPS) is 11.3. The van der Waals surface area contributed by atoms with Gasteiger partial charge in [-0.3, -0.25) is 0 Å². The molecule has 1 aromatic heterocycles. The lowest BCUT2D eigenvalue weighted by Gasteiger charge is -2.30. The predicted octanol–water partition coefficient (Wildman–Crippen LogP) is 15.0. The van der Waals surface area contributed by atoms with Gasteiger partial charge in [-0.1, -0.05) is 158 Å². The quantitative estimate of drug-likeness (QED) is 0.157. The molecule has 0 N–H and O–H groups in total. The lowest BCUT2D eigenvalue weighted by atomic mass is 9.99. The number of hydrogen-bond donors (Lipinski definition) is 0. The Morgan fingerprint density at radius 2 is 0.836 bits per heavy atom. The Hall–Kier alpha value is -7.36. The summed E-state index contributed by atoms with van der Waals surface area (Å²) in [7, 11) is 0. The lowest BCUT2D eigenvalue weighted by molar-refractivity contribution is 0.669. The van der Waals surface area contributed by atoms with Gasteiger partial charge in [0.05, 0.1) is 22.4 Å². The molecule has 0 bridgehead atoms. The van der Waals surface area contributed by atoms with E-state index >= 15 is 0 Å². The van der Waals surface area contributed by atoms with Crippen molar-refractivity contribution in [1.82, 2.24) is 0 Å². The van der Waals surface area contributed by atoms with Crippen LogP contribution in [-0.4, -0.2) is 0 Å². The molecule has 0 aliphatic heterocycles. The summed E-state index contributed by atoms with van der Waals surface area (Å²) < 4.78 is 7.12. The molecular weight excluding hydrogens is 669 g/mol. The number of fused-ring (bicyclic) bond motifs is 5. The molecule has 0 saturated carbocycles. The maximum Gasteiger partial charge on any atom is 0.161 e. The first-order valence-electron chi connectivity index (χ1n) is 18.7. The lowest BCUT2D eigenvalue weighted by Crippen LogP contribution is -2.13. The van der Waals surface area contributed by atoms with Crippen molar-refractivity contribution in [2.45, 2.75) is 0 Å². The Labute approximate surface area is 320 Å². The summed E-state index contributed by atoms with van der Waals surface area (Å²) in [5.41, 5.74) is 12.6. The Kier molecular flexibility index (Phi) is 8.16. The molecule has 9 aromatic carbocycles. The van der Waals surface area contributed by atoms with Gasteiger partial charge in [-0.05, 0) is 88.1 Å². The van der Waals surface area contributed by atoms with Gasteiger partial charge >= 0.3 is 0 Å². The summed E-state index contributed by atoms with van der Waals surface area (Å²) in [6, 6.07) is 77.3. The molecule has 1 heterocycles. The van der Waals surface area contributed by atoms with Crippen LogP contribution in [0.15, 0.2) is 223 Å². The Bertz CT molecular complexity index is 2900. The molecule has 10 aromatic rings. The smallest absolute Gasteiger partial charge is 0.161 e. The van der Waals surface area contributed by atoms with Crippen LogP contribution in [0.1, 0.15) is 0 Å². The van der Waals surface area contributed by atoms with Crippen molar-refractivity contribution in [1.29, 1.82) is 0 Å². The van der Waals surface area contributed by atoms with Crippen molar-refractivity contribution in [3.63, 3.8) is 0 Å². The van der Waals surface area contributed by atoms with Crippen LogP contribution in [-0.2, 0) is 0 Å². The second kappa shape index (κ2) is 13.9. The number of hydrogen-bond acceptors (Lipinski definition) is 3. The van der Waals surface area contributed by atoms with E-state index in [0.717, 1.165) is 72.6 Å². The van der Waals surface area contributed by atoms with Crippen LogP contribution in [0.3, 0.4) is 0 Å². The minimum absolute atomic E-state index is 0.818. The first-order valence-corrected chi connectivity index (χ1v) is 18.7. The molecule has 10 rings (SSSR count). The number of furan rings is 1. The maximum absolute atomic E-state index is 7.12. The van der Waals surface area contributed by atoms with Crippen LogP contribution < -0.4 is 9.80 Å². The zero-order valence-corrected chi connectivity index (χ0v) is 30.1. The average Bonchev–Trinajstić information content (AvgIpc) is 3.67. The van der Waals surface area contributed by atoms with E-state index in [1.54, 1.807) is 0 Å². The molecule has 3 heteroatoms. The van der Waals surface area contributed by atoms with E-state index in [0.29, 0.717) is 0 Å². The Balaban J connectivity index is 1.28. The van der Waals surface area contributed by atoms with E-state index < -0.39 is 0 Å². The Morgan fingerprint density at radius 3 is 1.55 bits per heavy atom. The molecule has 55 heavy (non-hydrogen) atoms. The number of benzene rings is 9. The fraction of sp³-hybridized carbons (Fsp3) is 0. The summed E-state index contributed by atoms with van der Waals surface area (Å²) in [5, 5.41) is 4.47. The van der Waals surface area contributed by atoms with Gasteiger partial charge in [0, 0.05) is 28.0 Å². The van der Waals surface area contributed by atoms with Gasteiger partial charge in [-0.15, -0.1) is 0 Å². The van der Waals surface area contributed by atoms with Crippen molar-refractivity contribution < 1.29 is 4.42 Å². The predicted molar refractivity (Wildman–Crippen MR) is 231 cm³/mol. The topological polar surface area (TPSA) is 19.6 Å². The van der Waals surface area contributed by atoms with Gasteiger partial charge in [0.2, 0.25) is 0 Å². The number of rotatable bonds is 8. The molecule has 0 aliphatic rings. The van der Waals surface area contributed by atoms with E-state index in [1.807, 2.05) is 0 Å². The van der Waals surface area contributed by atoms with E-state index in [9.17, 15) is 0 Å². The SMILES string of the molecule is c1ccc(-c2ccc(N(c3ccccc3)c3ccc(N(c4ccccc4)c4ccccc4-c4ccccc4)c4c3oc3ccc5ccccc5c34)cc2)cc1. The Morgan fingerprint density at radius 1 is 0.309 bits per heavy atom. The summed E-state index contributed by atoms with van der Waals surface area (Å²) in [4.78, 5) is 4.71. The molecule has 0 amide bonds. The largest absolute Gasteiger partial charge is 0.454 e. The molecule has 260 valence electrons. The standard InChI is InChI=1S/C52H36N2O/c1-5-17-37(18-6-1)38-29-32-43(33-30-38)53(41-22-9-3-10-23-41)48-35-34-47(51-50-45-27-14-13-21-40(45)31-36-49(50)55-52(48)51)54(42-24-11-4-12-25-42)46-28-16-15-26-44(46)39-19-7-2-8-20-39/h1-36H. The summed E-state index contributed by atoms with van der Waals surface area (Å²) in [5.74, 6) is 0. The molecule has 0 fully saturated rings. The first kappa shape index (κ1) is 32.3. The maximum atomic E-state index is 7.12. The van der Waals surface area contributed by atoms with E-state index in [4.69, 9.17) is 4.42 Å². The van der Waals surface area contributed by atoms with Gasteiger partial charge in [0.15, 0.2) is 5.58 Å². The summed E-state index contributed by atoms with van der Waals surface area (Å²) in [6.07, 6.45) is 0. The summed E-state index contributed by atoms with van der Waals surface area (Å²) in [6.45, 7) is 0. The van der Waals surface area contributed by atoms with Crippen molar-refractivity contribution >= 4 is 66.8 Å². The molecule has 0 saturated heterocycles. The van der Waals surface area contributed by atoms with Crippen molar-refractivity contribution in [3.05, 3.63) is 218 Å². The van der Waals surface area contributed by atoms with Crippen molar-refractivity contribution in [2.75, 3.05) is 9.80 Å². The van der Waals surface area contributed by atoms with Gasteiger partial charge in [0.25, 0.3) is 0 Å². The summed E-state index contributed by atoms with van der Waals surface area (Å²) >= 11 is 0. The molecule has 0 radical (unpaired) electrons. The molecule has 0 atom stereocenters. The molecule has 0 unspecified atom stereocenters. The minimum atomic E-state index is 0.818. The number of anilines is 6. The van der Waals surface area contributed by atoms with Crippen LogP contribution in [0.5, 0.6) is 0 Å². The molecule has 0 spiro atoms. The zero-order chi connectivity index (χ0) is 36.6. The minimum Gasteiger partial charge on any atom is -0.454 e. The second-order valence-electron chi connectivity index (χ2n) is 13.7. The van der Waals surface area contributed by atoms with Gasteiger partial charge in [-0.2, -0.15) is 0 Å². The van der Waals surface area contributed by atoms with E-state index in [-0.39, 0.29) is 0 Å². The third-order valence-electron chi connectivity index (χ3n) is 10.4. The highest BCUT2D eigenvalue weighted by Crippen LogP contribution is 2.51. The number of para-hydroxylation sites is 3. The van der Waals surface area contributed by atoms with Crippen LogP contribution in [0.25, 0.3) is 55.0 Å². The second-order valence-corrected chi connectivity index (χ2v) is 13.7. The van der Waals surface area contributed by atoms with Gasteiger partial charge in [0.1, 0.15) is 5.58 Å². The van der Waals surface area contributed by atoms with Crippen LogP contribution in [0.4, 0.5) is 34.1 Å². The highest BCUT2D eigenvalue weighted by molar-refractivity contribution is 6.25. The van der Waals surface area contributed by atoms with E-state index in [1.165, 1.54) is 16.5 Å². The first-order chi connectivity index (χ1) is 27.3. The van der Waals surface area contributed by atoms with Gasteiger partial charge in [-0.25, -0.2) is 0 Å². The van der Waals surface area contributed by atoms with Crippen molar-refractivity contribution in [2.24, 2.45) is 0 Å². The molecule has 3 nitrogen and oxygen atoms in total. The number of nitrogens with zero attached hydrogens (tertiary/aromatic N) is 2. The highest BCUT2D eigenvalue weighted by Gasteiger charge is 2.27. The van der Waals surface area contributed by atoms with Crippen LogP contribution >= 0.6 is 0 Å². The molecular formula is C52H36N2O. The fourth-order valence-corrected chi connectivity index (χ4v) is 7.93. The third kappa shape index (κ3) is 5.80. The monoisotopic (exact) mass is 704 g/mol. The zero-order valence-electron chi connectivity index (χ0n) is 30.1. The van der Waals surface area contributed by atoms with Gasteiger partial charge < -0.3 is 14.2 Å². The third-order valence-corrected chi connectivity index (χ3v) is 10.4. The van der Waals surface area contributed by atoms with Crippen molar-refractivity contribution in [3.8, 4) is 22.3 Å². The highest BCUT2D eigenvalue weighted by atomic mass is 16.3.